The summed E-state index contributed by atoms with van der Waals surface area (Å²) in [5, 5.41) is 14.9. The molecule has 0 unspecified atom stereocenters. The summed E-state index contributed by atoms with van der Waals surface area (Å²) in [5.74, 6) is 5.30. The monoisotopic (exact) mass is 251 g/mol. The molecule has 0 aliphatic rings. The van der Waals surface area contributed by atoms with E-state index in [-0.39, 0.29) is 13.2 Å². The summed E-state index contributed by atoms with van der Waals surface area (Å²) >= 11 is 1.41. The molecule has 6 nitrogen and oxygen atoms in total. The molecule has 0 spiro atoms. The highest BCUT2D eigenvalue weighted by molar-refractivity contribution is 7.10. The van der Waals surface area contributed by atoms with Crippen molar-refractivity contribution in [1.82, 2.24) is 14.8 Å². The number of aliphatic hydroxyl groups excluding tert-OH is 1. The van der Waals surface area contributed by atoms with Crippen molar-refractivity contribution in [3.8, 4) is 11.8 Å². The van der Waals surface area contributed by atoms with Crippen molar-refractivity contribution in [1.29, 1.82) is 0 Å². The molecule has 0 aliphatic carbocycles. The van der Waals surface area contributed by atoms with Gasteiger partial charge in [-0.1, -0.05) is 11.8 Å². The zero-order valence-electron chi connectivity index (χ0n) is 8.69. The highest BCUT2D eigenvalue weighted by atomic mass is 32.1. The molecule has 0 bridgehead atoms. The van der Waals surface area contributed by atoms with E-state index in [1.54, 1.807) is 6.07 Å². The smallest absolute Gasteiger partial charge is 0.344 e. The largest absolute Gasteiger partial charge is 0.384 e. The number of hydrogen-bond donors (Lipinski definition) is 3. The fourth-order valence-corrected chi connectivity index (χ4v) is 2.15. The van der Waals surface area contributed by atoms with Crippen LogP contribution in [0.25, 0.3) is 0 Å². The van der Waals surface area contributed by atoms with E-state index in [9.17, 15) is 9.59 Å². The Balaban J connectivity index is 2.34. The molecular formula is C10H9N3O3S. The first kappa shape index (κ1) is 11.4. The van der Waals surface area contributed by atoms with Crippen LogP contribution in [-0.4, -0.2) is 26.5 Å². The van der Waals surface area contributed by atoms with E-state index in [4.69, 9.17) is 5.11 Å². The number of aromatic amines is 2. The van der Waals surface area contributed by atoms with E-state index in [2.05, 4.69) is 22.0 Å². The van der Waals surface area contributed by atoms with Crippen LogP contribution in [0.3, 0.4) is 0 Å². The van der Waals surface area contributed by atoms with E-state index in [1.807, 2.05) is 5.38 Å². The Morgan fingerprint density at radius 1 is 1.35 bits per heavy atom. The molecule has 0 aliphatic heterocycles. The highest BCUT2D eigenvalue weighted by Crippen LogP contribution is 2.15. The minimum atomic E-state index is -0.482. The van der Waals surface area contributed by atoms with Gasteiger partial charge in [0.05, 0.1) is 6.54 Å². The Labute approximate surface area is 99.5 Å². The minimum absolute atomic E-state index is 0.171. The first-order valence-electron chi connectivity index (χ1n) is 4.76. The third-order valence-corrected chi connectivity index (χ3v) is 3.02. The van der Waals surface area contributed by atoms with Gasteiger partial charge in [0.1, 0.15) is 6.61 Å². The van der Waals surface area contributed by atoms with Crippen molar-refractivity contribution in [3.05, 3.63) is 42.9 Å². The Bertz CT molecular complexity index is 652. The normalized spacial score (nSPS) is 9.94. The van der Waals surface area contributed by atoms with Gasteiger partial charge in [-0.05, 0) is 11.4 Å². The Morgan fingerprint density at radius 3 is 2.71 bits per heavy atom. The van der Waals surface area contributed by atoms with E-state index < -0.39 is 11.4 Å². The molecule has 2 aromatic heterocycles. The molecule has 7 heteroatoms. The summed E-state index contributed by atoms with van der Waals surface area (Å²) in [7, 11) is 0. The van der Waals surface area contributed by atoms with Crippen LogP contribution in [0.4, 0.5) is 0 Å². The molecule has 0 saturated heterocycles. The SMILES string of the molecule is O=c1[nH][nH]c(=O)n1Cc1sccc1C#CCO. The van der Waals surface area contributed by atoms with Gasteiger partial charge in [0.2, 0.25) is 0 Å². The lowest BCUT2D eigenvalue weighted by atomic mass is 10.2. The molecule has 2 rings (SSSR count). The van der Waals surface area contributed by atoms with Crippen LogP contribution < -0.4 is 11.4 Å². The van der Waals surface area contributed by atoms with Gasteiger partial charge in [-0.25, -0.2) is 24.4 Å². The van der Waals surface area contributed by atoms with E-state index in [0.29, 0.717) is 0 Å². The van der Waals surface area contributed by atoms with Crippen LogP contribution >= 0.6 is 11.3 Å². The Morgan fingerprint density at radius 2 is 2.06 bits per heavy atom. The Kier molecular flexibility index (Phi) is 3.27. The number of nitrogens with one attached hydrogen (secondary N) is 2. The fraction of sp³-hybridized carbons (Fsp3) is 0.200. The molecule has 0 radical (unpaired) electrons. The number of aliphatic hydroxyl groups is 1. The lowest BCUT2D eigenvalue weighted by molar-refractivity contribution is 0.350. The molecular weight excluding hydrogens is 242 g/mol. The predicted molar refractivity (Wildman–Crippen MR) is 63.1 cm³/mol. The van der Waals surface area contributed by atoms with Gasteiger partial charge in [0.25, 0.3) is 0 Å². The first-order chi connectivity index (χ1) is 8.22. The summed E-state index contributed by atoms with van der Waals surface area (Å²) in [6.45, 7) is -0.0508. The molecule has 2 aromatic rings. The van der Waals surface area contributed by atoms with Crippen molar-refractivity contribution in [2.24, 2.45) is 0 Å². The van der Waals surface area contributed by atoms with Crippen molar-refractivity contribution < 1.29 is 5.11 Å². The number of rotatable bonds is 2. The van der Waals surface area contributed by atoms with Crippen molar-refractivity contribution >= 4 is 11.3 Å². The molecule has 0 aromatic carbocycles. The predicted octanol–water partition coefficient (Wildman–Crippen LogP) is -0.682. The summed E-state index contributed by atoms with van der Waals surface area (Å²) in [6, 6.07) is 1.79. The summed E-state index contributed by atoms with van der Waals surface area (Å²) in [5.41, 5.74) is -0.245. The number of thiophene rings is 1. The van der Waals surface area contributed by atoms with Crippen molar-refractivity contribution in [2.75, 3.05) is 6.61 Å². The first-order valence-corrected chi connectivity index (χ1v) is 5.64. The standard InChI is InChI=1S/C10H9N3O3S/c14-4-1-2-7-3-5-17-8(7)6-13-9(15)11-12-10(13)16/h3,5,14H,4,6H2,(H,11,15)(H,12,16). The molecule has 0 amide bonds. The number of H-pyrrole nitrogens is 2. The number of hydrogen-bond acceptors (Lipinski definition) is 4. The average molecular weight is 251 g/mol. The highest BCUT2D eigenvalue weighted by Gasteiger charge is 2.07. The van der Waals surface area contributed by atoms with Crippen LogP contribution in [0, 0.1) is 11.8 Å². The van der Waals surface area contributed by atoms with Crippen LogP contribution in [-0.2, 0) is 6.54 Å². The van der Waals surface area contributed by atoms with Gasteiger partial charge >= 0.3 is 11.4 Å². The topological polar surface area (TPSA) is 90.9 Å². The lowest BCUT2D eigenvalue weighted by Gasteiger charge is -1.97. The third kappa shape index (κ3) is 2.38. The summed E-state index contributed by atoms with van der Waals surface area (Å²) < 4.78 is 1.05. The van der Waals surface area contributed by atoms with Gasteiger partial charge in [0, 0.05) is 10.4 Å². The molecule has 0 fully saturated rings. The molecule has 0 atom stereocenters. The summed E-state index contributed by atoms with van der Waals surface area (Å²) in [4.78, 5) is 23.4. The minimum Gasteiger partial charge on any atom is -0.384 e. The quantitative estimate of drug-likeness (QED) is 0.617. The maximum atomic E-state index is 11.3. The van der Waals surface area contributed by atoms with Crippen molar-refractivity contribution in [2.45, 2.75) is 6.54 Å². The fourth-order valence-electron chi connectivity index (χ4n) is 1.33. The zero-order chi connectivity index (χ0) is 12.3. The van der Waals surface area contributed by atoms with E-state index in [0.717, 1.165) is 15.0 Å². The third-order valence-electron chi connectivity index (χ3n) is 2.12. The second kappa shape index (κ2) is 4.86. The van der Waals surface area contributed by atoms with Crippen LogP contribution in [0.15, 0.2) is 21.0 Å². The van der Waals surface area contributed by atoms with E-state index in [1.165, 1.54) is 11.3 Å². The lowest BCUT2D eigenvalue weighted by Crippen LogP contribution is -2.26. The van der Waals surface area contributed by atoms with Crippen LogP contribution in [0.2, 0.25) is 0 Å². The van der Waals surface area contributed by atoms with Gasteiger partial charge in [-0.2, -0.15) is 0 Å². The van der Waals surface area contributed by atoms with Gasteiger partial charge in [-0.3, -0.25) is 0 Å². The molecule has 0 saturated carbocycles. The number of nitrogens with zero attached hydrogens (tertiary/aromatic N) is 1. The Hall–Kier alpha value is -2.04. The number of aromatic nitrogens is 3. The van der Waals surface area contributed by atoms with Crippen LogP contribution in [0.1, 0.15) is 10.4 Å². The second-order valence-corrected chi connectivity index (χ2v) is 4.16. The summed E-state index contributed by atoms with van der Waals surface area (Å²) in [6.07, 6.45) is 0. The second-order valence-electron chi connectivity index (χ2n) is 3.16. The maximum Gasteiger partial charge on any atom is 0.344 e. The van der Waals surface area contributed by atoms with Crippen molar-refractivity contribution in [3.63, 3.8) is 0 Å². The van der Waals surface area contributed by atoms with E-state index >= 15 is 0 Å². The molecule has 17 heavy (non-hydrogen) atoms. The van der Waals surface area contributed by atoms with Gasteiger partial charge in [0.15, 0.2) is 0 Å². The molecule has 88 valence electrons. The zero-order valence-corrected chi connectivity index (χ0v) is 9.50. The average Bonchev–Trinajstić information content (AvgIpc) is 2.88. The van der Waals surface area contributed by atoms with Gasteiger partial charge < -0.3 is 5.11 Å². The van der Waals surface area contributed by atoms with Crippen LogP contribution in [0.5, 0.6) is 0 Å². The molecule has 3 N–H and O–H groups in total. The maximum absolute atomic E-state index is 11.3. The molecule has 2 heterocycles. The van der Waals surface area contributed by atoms with Gasteiger partial charge in [-0.15, -0.1) is 11.3 Å².